The van der Waals surface area contributed by atoms with Gasteiger partial charge in [-0.25, -0.2) is 17.8 Å². The van der Waals surface area contributed by atoms with Gasteiger partial charge in [0.15, 0.2) is 5.13 Å². The lowest BCUT2D eigenvalue weighted by atomic mass is 10.0. The number of anilines is 2. The summed E-state index contributed by atoms with van der Waals surface area (Å²) in [5, 5.41) is 12.6. The SMILES string of the molecule is CS(=O)(=O)CCNCc1csc(N2C=CC3=CNC=C(Nc4ccc(OCc5cccc(F)c5)cc4)C3=C2)n1. The number of benzene rings is 2. The van der Waals surface area contributed by atoms with Gasteiger partial charge in [0, 0.05) is 66.4 Å². The summed E-state index contributed by atoms with van der Waals surface area (Å²) in [4.78, 5) is 6.67. The van der Waals surface area contributed by atoms with Gasteiger partial charge in [-0.3, -0.25) is 4.90 Å². The Balaban J connectivity index is 1.20. The van der Waals surface area contributed by atoms with E-state index in [1.165, 1.54) is 29.7 Å². The predicted molar refractivity (Wildman–Crippen MR) is 153 cm³/mol. The first-order chi connectivity index (χ1) is 18.8. The summed E-state index contributed by atoms with van der Waals surface area (Å²) in [5.41, 5.74) is 5.45. The molecule has 2 aliphatic rings. The molecule has 5 rings (SSSR count). The summed E-state index contributed by atoms with van der Waals surface area (Å²) in [6.45, 7) is 1.18. The largest absolute Gasteiger partial charge is 0.489 e. The van der Waals surface area contributed by atoms with E-state index in [1.807, 2.05) is 71.5 Å². The lowest BCUT2D eigenvalue weighted by molar-refractivity contribution is 0.305. The van der Waals surface area contributed by atoms with Crippen molar-refractivity contribution in [1.82, 2.24) is 15.6 Å². The number of nitrogens with zero attached hydrogens (tertiary/aromatic N) is 2. The molecule has 3 N–H and O–H groups in total. The highest BCUT2D eigenvalue weighted by Crippen LogP contribution is 2.32. The molecule has 202 valence electrons. The maximum Gasteiger partial charge on any atom is 0.193 e. The second-order valence-corrected chi connectivity index (χ2v) is 12.2. The van der Waals surface area contributed by atoms with Crippen LogP contribution in [-0.4, -0.2) is 32.0 Å². The number of hydrogen-bond donors (Lipinski definition) is 3. The summed E-state index contributed by atoms with van der Waals surface area (Å²) >= 11 is 1.52. The molecule has 0 unspecified atom stereocenters. The lowest BCUT2D eigenvalue weighted by Crippen LogP contribution is -2.22. The fourth-order valence-electron chi connectivity index (χ4n) is 3.93. The van der Waals surface area contributed by atoms with Crippen LogP contribution in [0.5, 0.6) is 5.75 Å². The third kappa shape index (κ3) is 7.34. The summed E-state index contributed by atoms with van der Waals surface area (Å²) in [7, 11) is -2.99. The average Bonchev–Trinajstić information content (AvgIpc) is 3.39. The van der Waals surface area contributed by atoms with Crippen LogP contribution in [0.25, 0.3) is 0 Å². The van der Waals surface area contributed by atoms with Crippen molar-refractivity contribution >= 4 is 32.0 Å². The number of hydrogen-bond acceptors (Lipinski definition) is 9. The highest BCUT2D eigenvalue weighted by atomic mass is 32.2. The van der Waals surface area contributed by atoms with Gasteiger partial charge in [-0.15, -0.1) is 11.3 Å². The Morgan fingerprint density at radius 2 is 2.00 bits per heavy atom. The second-order valence-electron chi connectivity index (χ2n) is 9.09. The number of fused-ring (bicyclic) bond motifs is 1. The Bertz CT molecular complexity index is 1560. The minimum absolute atomic E-state index is 0.0981. The van der Waals surface area contributed by atoms with Crippen molar-refractivity contribution in [1.29, 1.82) is 0 Å². The van der Waals surface area contributed by atoms with E-state index in [9.17, 15) is 12.8 Å². The van der Waals surface area contributed by atoms with Gasteiger partial charge in [0.1, 0.15) is 28.0 Å². The van der Waals surface area contributed by atoms with E-state index < -0.39 is 9.84 Å². The van der Waals surface area contributed by atoms with E-state index in [0.717, 1.165) is 38.9 Å². The topological polar surface area (TPSA) is 95.6 Å². The van der Waals surface area contributed by atoms with Crippen LogP contribution in [-0.2, 0) is 23.0 Å². The molecule has 0 bridgehead atoms. The van der Waals surface area contributed by atoms with Crippen molar-refractivity contribution in [3.05, 3.63) is 119 Å². The Morgan fingerprint density at radius 1 is 1.15 bits per heavy atom. The molecular formula is C28H28FN5O3S2. The van der Waals surface area contributed by atoms with Crippen molar-refractivity contribution in [3.63, 3.8) is 0 Å². The van der Waals surface area contributed by atoms with Gasteiger partial charge < -0.3 is 20.7 Å². The van der Waals surface area contributed by atoms with Crippen LogP contribution in [0.15, 0.2) is 102 Å². The van der Waals surface area contributed by atoms with Crippen molar-refractivity contribution in [3.8, 4) is 5.75 Å². The Kier molecular flexibility index (Phi) is 8.10. The minimum Gasteiger partial charge on any atom is -0.489 e. The van der Waals surface area contributed by atoms with Crippen molar-refractivity contribution in [2.45, 2.75) is 13.2 Å². The van der Waals surface area contributed by atoms with Crippen LogP contribution in [0.4, 0.5) is 15.2 Å². The van der Waals surface area contributed by atoms with Gasteiger partial charge in [-0.1, -0.05) is 12.1 Å². The second kappa shape index (κ2) is 11.9. The Hall–Kier alpha value is -3.93. The van der Waals surface area contributed by atoms with E-state index in [0.29, 0.717) is 18.8 Å². The predicted octanol–water partition coefficient (Wildman–Crippen LogP) is 4.65. The maximum absolute atomic E-state index is 13.4. The summed E-state index contributed by atoms with van der Waals surface area (Å²) in [5.74, 6) is 0.511. The molecule has 1 aromatic heterocycles. The number of nitrogens with one attached hydrogen (secondary N) is 3. The fraction of sp³-hybridized carbons (Fsp3) is 0.179. The molecule has 0 amide bonds. The zero-order chi connectivity index (χ0) is 27.2. The summed E-state index contributed by atoms with van der Waals surface area (Å²) < 4.78 is 41.8. The van der Waals surface area contributed by atoms with Gasteiger partial charge in [0.25, 0.3) is 0 Å². The fourth-order valence-corrected chi connectivity index (χ4v) is 5.22. The van der Waals surface area contributed by atoms with Gasteiger partial charge in [0.05, 0.1) is 17.1 Å². The molecule has 2 aromatic carbocycles. The van der Waals surface area contributed by atoms with Crippen molar-refractivity contribution in [2.75, 3.05) is 28.8 Å². The van der Waals surface area contributed by atoms with Crippen LogP contribution < -0.4 is 25.6 Å². The summed E-state index contributed by atoms with van der Waals surface area (Å²) in [6.07, 6.45) is 11.1. The number of allylic oxidation sites excluding steroid dienone is 2. The van der Waals surface area contributed by atoms with E-state index >= 15 is 0 Å². The van der Waals surface area contributed by atoms with E-state index in [4.69, 9.17) is 9.72 Å². The van der Waals surface area contributed by atoms with E-state index in [-0.39, 0.29) is 18.2 Å². The number of ether oxygens (including phenoxy) is 1. The molecule has 0 aliphatic carbocycles. The first-order valence-corrected chi connectivity index (χ1v) is 15.2. The molecule has 3 heterocycles. The smallest absolute Gasteiger partial charge is 0.193 e. The molecule has 0 saturated carbocycles. The van der Waals surface area contributed by atoms with Crippen LogP contribution in [0.1, 0.15) is 11.3 Å². The standard InChI is InChI=1S/C28H28FN5O3S2/c1-39(35,36)12-10-30-15-24-19-38-28(33-24)34-11-9-21-14-31-16-27(26(21)17-34)32-23-5-7-25(8-6-23)37-18-20-3-2-4-22(29)13-20/h2-9,11,13-14,16-17,19,30-32H,10,12,15,18H2,1H3. The monoisotopic (exact) mass is 565 g/mol. The van der Waals surface area contributed by atoms with Gasteiger partial charge in [0.2, 0.25) is 0 Å². The molecule has 0 fully saturated rings. The maximum atomic E-state index is 13.4. The molecule has 0 radical (unpaired) electrons. The number of rotatable bonds is 11. The summed E-state index contributed by atoms with van der Waals surface area (Å²) in [6, 6.07) is 14.0. The quantitative estimate of drug-likeness (QED) is 0.289. The molecule has 3 aromatic rings. The van der Waals surface area contributed by atoms with Crippen LogP contribution in [0, 0.1) is 5.82 Å². The van der Waals surface area contributed by atoms with Crippen molar-refractivity contribution in [2.24, 2.45) is 0 Å². The zero-order valence-electron chi connectivity index (χ0n) is 21.2. The van der Waals surface area contributed by atoms with Crippen LogP contribution in [0.3, 0.4) is 0 Å². The number of aromatic nitrogens is 1. The van der Waals surface area contributed by atoms with Crippen LogP contribution in [0.2, 0.25) is 0 Å². The molecule has 0 saturated heterocycles. The number of dihydropyridines is 1. The highest BCUT2D eigenvalue weighted by molar-refractivity contribution is 7.90. The molecule has 2 aliphatic heterocycles. The Morgan fingerprint density at radius 3 is 2.79 bits per heavy atom. The van der Waals surface area contributed by atoms with Gasteiger partial charge in [-0.2, -0.15) is 0 Å². The number of sulfone groups is 1. The highest BCUT2D eigenvalue weighted by Gasteiger charge is 2.20. The molecule has 11 heteroatoms. The van der Waals surface area contributed by atoms with Gasteiger partial charge >= 0.3 is 0 Å². The Labute approximate surface area is 231 Å². The van der Waals surface area contributed by atoms with Crippen LogP contribution >= 0.6 is 11.3 Å². The first-order valence-electron chi connectivity index (χ1n) is 12.3. The molecular weight excluding hydrogens is 537 g/mol. The van der Waals surface area contributed by atoms with Crippen molar-refractivity contribution < 1.29 is 17.5 Å². The first kappa shape index (κ1) is 26.7. The number of thiazole rings is 1. The minimum atomic E-state index is -2.99. The average molecular weight is 566 g/mol. The molecule has 8 nitrogen and oxygen atoms in total. The zero-order valence-corrected chi connectivity index (χ0v) is 22.9. The normalized spacial score (nSPS) is 14.6. The van der Waals surface area contributed by atoms with E-state index in [2.05, 4.69) is 16.0 Å². The molecule has 0 spiro atoms. The number of halogens is 1. The third-order valence-corrected chi connectivity index (χ3v) is 7.74. The lowest BCUT2D eigenvalue weighted by Gasteiger charge is -2.26. The third-order valence-electron chi connectivity index (χ3n) is 5.89. The molecule has 0 atom stereocenters. The molecule has 39 heavy (non-hydrogen) atoms. The van der Waals surface area contributed by atoms with E-state index in [1.54, 1.807) is 6.07 Å². The van der Waals surface area contributed by atoms with Gasteiger partial charge in [-0.05, 0) is 48.0 Å².